The van der Waals surface area contributed by atoms with Crippen molar-refractivity contribution in [3.8, 4) is 45.8 Å². The van der Waals surface area contributed by atoms with Crippen LogP contribution in [-0.4, -0.2) is 50.0 Å². The number of rotatable bonds is 6. The van der Waals surface area contributed by atoms with Crippen LogP contribution in [0.3, 0.4) is 0 Å². The van der Waals surface area contributed by atoms with Crippen molar-refractivity contribution < 1.29 is 23.2 Å². The van der Waals surface area contributed by atoms with E-state index in [0.717, 1.165) is 11.1 Å². The third kappa shape index (κ3) is 3.97. The molecule has 0 atom stereocenters. The van der Waals surface area contributed by atoms with Crippen LogP contribution < -0.4 is 9.47 Å². The maximum atomic E-state index is 13.9. The van der Waals surface area contributed by atoms with Gasteiger partial charge in [-0.15, -0.1) is 10.2 Å². The number of methoxy groups -OCH3 is 2. The quantitative estimate of drug-likeness (QED) is 0.326. The second-order valence-electron chi connectivity index (χ2n) is 7.94. The lowest BCUT2D eigenvalue weighted by molar-refractivity contribution is 0.0965. The highest BCUT2D eigenvalue weighted by atomic mass is 16.5. The fourth-order valence-corrected chi connectivity index (χ4v) is 4.00. The number of carbonyl (C=O) groups is 1. The standard InChI is InChI=1S/C26H18N6O5/c1-34-18-9-17(10-19(12-18)35-2)26(33)32-22-4-3-16(15-5-7-27-8-6-15)11-20(22)29-24(32)23-13-21(31-37-23)25-30-28-14-36-25/h3-14H,1-2H3. The summed E-state index contributed by atoms with van der Waals surface area (Å²) in [6.45, 7) is 0. The number of hydrogen-bond acceptors (Lipinski definition) is 10. The monoisotopic (exact) mass is 494 g/mol. The van der Waals surface area contributed by atoms with Crippen LogP contribution in [0.1, 0.15) is 10.4 Å². The van der Waals surface area contributed by atoms with Gasteiger partial charge in [0, 0.05) is 30.1 Å². The number of carbonyl (C=O) groups excluding carboxylic acids is 1. The van der Waals surface area contributed by atoms with Gasteiger partial charge in [-0.25, -0.2) is 4.98 Å². The van der Waals surface area contributed by atoms with Crippen molar-refractivity contribution >= 4 is 16.9 Å². The molecule has 0 radical (unpaired) electrons. The molecule has 4 heterocycles. The summed E-state index contributed by atoms with van der Waals surface area (Å²) in [4.78, 5) is 22.8. The van der Waals surface area contributed by atoms with Gasteiger partial charge in [0.15, 0.2) is 11.5 Å². The molecule has 11 heteroatoms. The van der Waals surface area contributed by atoms with Crippen molar-refractivity contribution in [2.45, 2.75) is 0 Å². The van der Waals surface area contributed by atoms with E-state index in [4.69, 9.17) is 23.4 Å². The van der Waals surface area contributed by atoms with Gasteiger partial charge in [-0.2, -0.15) is 0 Å². The zero-order valence-electron chi connectivity index (χ0n) is 19.7. The summed E-state index contributed by atoms with van der Waals surface area (Å²) in [6, 6.07) is 16.0. The highest BCUT2D eigenvalue weighted by Gasteiger charge is 2.25. The Morgan fingerprint density at radius 2 is 1.70 bits per heavy atom. The normalized spacial score (nSPS) is 11.1. The summed E-state index contributed by atoms with van der Waals surface area (Å²) >= 11 is 0. The first-order chi connectivity index (χ1) is 18.1. The first-order valence-electron chi connectivity index (χ1n) is 11.1. The van der Waals surface area contributed by atoms with Crippen molar-refractivity contribution in [2.24, 2.45) is 0 Å². The van der Waals surface area contributed by atoms with Crippen LogP contribution in [0.5, 0.6) is 11.5 Å². The fourth-order valence-electron chi connectivity index (χ4n) is 4.00. The Balaban J connectivity index is 1.54. The molecule has 0 saturated carbocycles. The Bertz CT molecular complexity index is 1700. The zero-order chi connectivity index (χ0) is 25.4. The van der Waals surface area contributed by atoms with E-state index in [2.05, 4.69) is 20.3 Å². The molecule has 6 aromatic rings. The van der Waals surface area contributed by atoms with Gasteiger partial charge in [-0.3, -0.25) is 14.3 Å². The molecule has 0 fully saturated rings. The molecule has 11 nitrogen and oxygen atoms in total. The number of aromatic nitrogens is 6. The molecule has 4 aromatic heterocycles. The maximum Gasteiger partial charge on any atom is 0.269 e. The SMILES string of the molecule is COc1cc(OC)cc(C(=O)n2c(-c3cc(-c4nnco4)no3)nc3cc(-c4ccncc4)ccc32)c1. The van der Waals surface area contributed by atoms with Crippen LogP contribution in [0.2, 0.25) is 0 Å². The van der Waals surface area contributed by atoms with Gasteiger partial charge in [0.2, 0.25) is 12.2 Å². The number of hydrogen-bond donors (Lipinski definition) is 0. The van der Waals surface area contributed by atoms with Crippen LogP contribution >= 0.6 is 0 Å². The van der Waals surface area contributed by atoms with Gasteiger partial charge >= 0.3 is 0 Å². The van der Waals surface area contributed by atoms with Gasteiger partial charge in [0.1, 0.15) is 11.5 Å². The van der Waals surface area contributed by atoms with E-state index in [1.165, 1.54) is 25.2 Å². The summed E-state index contributed by atoms with van der Waals surface area (Å²) in [5, 5.41) is 11.5. The van der Waals surface area contributed by atoms with E-state index in [9.17, 15) is 4.79 Å². The Labute approximate surface area is 209 Å². The summed E-state index contributed by atoms with van der Waals surface area (Å²) < 4.78 is 23.0. The molecule has 0 unspecified atom stereocenters. The van der Waals surface area contributed by atoms with Crippen LogP contribution in [0.25, 0.3) is 45.3 Å². The van der Waals surface area contributed by atoms with E-state index in [1.807, 2.05) is 30.3 Å². The van der Waals surface area contributed by atoms with Crippen molar-refractivity contribution in [1.29, 1.82) is 0 Å². The van der Waals surface area contributed by atoms with Crippen molar-refractivity contribution in [1.82, 2.24) is 29.9 Å². The lowest BCUT2D eigenvalue weighted by Gasteiger charge is -2.10. The zero-order valence-corrected chi connectivity index (χ0v) is 19.7. The third-order valence-electron chi connectivity index (χ3n) is 5.78. The van der Waals surface area contributed by atoms with Gasteiger partial charge in [-0.1, -0.05) is 11.2 Å². The summed E-state index contributed by atoms with van der Waals surface area (Å²) in [7, 11) is 3.05. The summed E-state index contributed by atoms with van der Waals surface area (Å²) in [5.74, 6) is 1.28. The highest BCUT2D eigenvalue weighted by Crippen LogP contribution is 2.32. The van der Waals surface area contributed by atoms with E-state index in [1.54, 1.807) is 36.7 Å². The predicted molar refractivity (Wildman–Crippen MR) is 131 cm³/mol. The van der Waals surface area contributed by atoms with Crippen molar-refractivity contribution in [2.75, 3.05) is 14.2 Å². The second kappa shape index (κ2) is 9.04. The molecule has 182 valence electrons. The molecule has 0 bridgehead atoms. The molecular weight excluding hydrogens is 476 g/mol. The van der Waals surface area contributed by atoms with Gasteiger partial charge in [-0.05, 0) is 47.5 Å². The fraction of sp³-hybridized carbons (Fsp3) is 0.0769. The topological polar surface area (TPSA) is 131 Å². The molecule has 37 heavy (non-hydrogen) atoms. The first kappa shape index (κ1) is 22.2. The van der Waals surface area contributed by atoms with Crippen LogP contribution in [0.15, 0.2) is 82.3 Å². The molecule has 0 aliphatic heterocycles. The molecule has 0 aliphatic rings. The number of ether oxygens (including phenoxy) is 2. The minimum Gasteiger partial charge on any atom is -0.497 e. The molecule has 0 spiro atoms. The van der Waals surface area contributed by atoms with Gasteiger partial charge in [0.25, 0.3) is 11.8 Å². The molecule has 2 aromatic carbocycles. The average Bonchev–Trinajstić information content (AvgIpc) is 3.72. The molecule has 0 N–H and O–H groups in total. The van der Waals surface area contributed by atoms with Crippen LogP contribution in [0.4, 0.5) is 0 Å². The molecule has 6 rings (SSSR count). The highest BCUT2D eigenvalue weighted by molar-refractivity contribution is 6.04. The average molecular weight is 494 g/mol. The van der Waals surface area contributed by atoms with Crippen molar-refractivity contribution in [3.05, 3.63) is 78.9 Å². The van der Waals surface area contributed by atoms with E-state index in [0.29, 0.717) is 33.8 Å². The Hall–Kier alpha value is -5.32. The number of imidazole rings is 1. The lowest BCUT2D eigenvalue weighted by Crippen LogP contribution is -2.13. The predicted octanol–water partition coefficient (Wildman–Crippen LogP) is 4.51. The van der Waals surface area contributed by atoms with E-state index >= 15 is 0 Å². The lowest BCUT2D eigenvalue weighted by atomic mass is 10.1. The maximum absolute atomic E-state index is 13.9. The molecule has 0 amide bonds. The minimum absolute atomic E-state index is 0.182. The van der Waals surface area contributed by atoms with Crippen molar-refractivity contribution in [3.63, 3.8) is 0 Å². The van der Waals surface area contributed by atoms with Gasteiger partial charge in [0.05, 0.1) is 25.3 Å². The Morgan fingerprint density at radius 3 is 2.41 bits per heavy atom. The molecular formula is C26H18N6O5. The summed E-state index contributed by atoms with van der Waals surface area (Å²) in [5.41, 5.74) is 3.71. The smallest absolute Gasteiger partial charge is 0.269 e. The number of fused-ring (bicyclic) bond motifs is 1. The largest absolute Gasteiger partial charge is 0.497 e. The minimum atomic E-state index is -0.359. The second-order valence-corrected chi connectivity index (χ2v) is 7.94. The first-order valence-corrected chi connectivity index (χ1v) is 11.1. The Kier molecular flexibility index (Phi) is 5.41. The third-order valence-corrected chi connectivity index (χ3v) is 5.78. The number of pyridine rings is 1. The van der Waals surface area contributed by atoms with Crippen LogP contribution in [-0.2, 0) is 0 Å². The molecule has 0 aliphatic carbocycles. The number of nitrogens with zero attached hydrogens (tertiary/aromatic N) is 6. The number of benzene rings is 2. The Morgan fingerprint density at radius 1 is 0.919 bits per heavy atom. The van der Waals surface area contributed by atoms with E-state index in [-0.39, 0.29) is 23.4 Å². The van der Waals surface area contributed by atoms with Gasteiger partial charge < -0.3 is 18.4 Å². The van der Waals surface area contributed by atoms with Crippen LogP contribution in [0, 0.1) is 0 Å². The molecule has 0 saturated heterocycles. The summed E-state index contributed by atoms with van der Waals surface area (Å²) in [6.07, 6.45) is 4.63. The van der Waals surface area contributed by atoms with E-state index < -0.39 is 0 Å².